The topological polar surface area (TPSA) is 70.7 Å². The van der Waals surface area contributed by atoms with Crippen LogP contribution in [0.4, 0.5) is 10.1 Å². The van der Waals surface area contributed by atoms with Gasteiger partial charge in [-0.3, -0.25) is 9.48 Å². The predicted molar refractivity (Wildman–Crippen MR) is 71.7 cm³/mol. The van der Waals surface area contributed by atoms with Crippen LogP contribution in [-0.4, -0.2) is 15.7 Å². The molecule has 0 bridgehead atoms. The molecule has 2 rings (SSSR count). The van der Waals surface area contributed by atoms with Crippen molar-refractivity contribution in [3.63, 3.8) is 0 Å². The van der Waals surface area contributed by atoms with Gasteiger partial charge in [-0.05, 0) is 32.0 Å². The Morgan fingerprint density at radius 3 is 2.95 bits per heavy atom. The monoisotopic (exact) mass is 272 g/mol. The second-order valence-corrected chi connectivity index (χ2v) is 4.22. The number of aryl methyl sites for hydroxylation is 2. The van der Waals surface area contributed by atoms with Crippen molar-refractivity contribution in [1.82, 2.24) is 9.78 Å². The summed E-state index contributed by atoms with van der Waals surface area (Å²) >= 11 is 0. The number of hydrogen-bond donors (Lipinski definition) is 1. The van der Waals surface area contributed by atoms with Crippen LogP contribution in [0.15, 0.2) is 24.3 Å². The van der Waals surface area contributed by atoms with Gasteiger partial charge in [0.1, 0.15) is 23.1 Å². The minimum absolute atomic E-state index is 0.152. The molecule has 2 aromatic rings. The first-order valence-corrected chi connectivity index (χ1v) is 6.11. The zero-order valence-electron chi connectivity index (χ0n) is 11.1. The summed E-state index contributed by atoms with van der Waals surface area (Å²) in [6.45, 7) is 4.20. The third kappa shape index (κ3) is 2.52. The molecule has 0 saturated heterocycles. The molecule has 0 aliphatic heterocycles. The Labute approximate surface area is 115 Å². The van der Waals surface area contributed by atoms with Crippen LogP contribution < -0.4 is 5.32 Å². The molecule has 1 N–H and O–H groups in total. The van der Waals surface area contributed by atoms with E-state index in [1.54, 1.807) is 23.7 Å². The lowest BCUT2D eigenvalue weighted by Crippen LogP contribution is -2.18. The smallest absolute Gasteiger partial charge is 0.273 e. The van der Waals surface area contributed by atoms with E-state index in [2.05, 4.69) is 10.4 Å². The number of rotatable bonds is 3. The number of aromatic nitrogens is 2. The lowest BCUT2D eigenvalue weighted by atomic mass is 10.2. The molecule has 0 aliphatic carbocycles. The van der Waals surface area contributed by atoms with Crippen molar-refractivity contribution >= 4 is 11.6 Å². The third-order valence-corrected chi connectivity index (χ3v) is 2.81. The summed E-state index contributed by atoms with van der Waals surface area (Å²) in [5.41, 5.74) is 1.06. The summed E-state index contributed by atoms with van der Waals surface area (Å²) in [7, 11) is 0. The highest BCUT2D eigenvalue weighted by atomic mass is 19.1. The first kappa shape index (κ1) is 13.7. The minimum Gasteiger partial charge on any atom is -0.319 e. The average Bonchev–Trinajstić information content (AvgIpc) is 2.80. The van der Waals surface area contributed by atoms with Crippen molar-refractivity contribution in [2.45, 2.75) is 20.4 Å². The van der Waals surface area contributed by atoms with Crippen LogP contribution in [0.25, 0.3) is 0 Å². The fourth-order valence-corrected chi connectivity index (χ4v) is 1.90. The second kappa shape index (κ2) is 5.53. The van der Waals surface area contributed by atoms with E-state index < -0.39 is 11.7 Å². The van der Waals surface area contributed by atoms with Crippen molar-refractivity contribution in [3.05, 3.63) is 47.0 Å². The van der Waals surface area contributed by atoms with Crippen LogP contribution in [0.5, 0.6) is 0 Å². The summed E-state index contributed by atoms with van der Waals surface area (Å²) in [6.07, 6.45) is 0. The van der Waals surface area contributed by atoms with Crippen LogP contribution in [0, 0.1) is 24.1 Å². The number of nitrogens with zero attached hydrogens (tertiary/aromatic N) is 3. The quantitative estimate of drug-likeness (QED) is 0.933. The number of nitrogens with one attached hydrogen (secondary N) is 1. The fraction of sp³-hybridized carbons (Fsp3) is 0.214. The molecule has 6 heteroatoms. The summed E-state index contributed by atoms with van der Waals surface area (Å²) in [5.74, 6) is -1.08. The van der Waals surface area contributed by atoms with Crippen LogP contribution >= 0.6 is 0 Å². The molecule has 1 aromatic heterocycles. The van der Waals surface area contributed by atoms with E-state index in [4.69, 9.17) is 5.26 Å². The highest BCUT2D eigenvalue weighted by molar-refractivity contribution is 6.03. The number of anilines is 1. The number of nitriles is 1. The van der Waals surface area contributed by atoms with Gasteiger partial charge in [-0.25, -0.2) is 4.39 Å². The molecule has 0 saturated carbocycles. The summed E-state index contributed by atoms with van der Waals surface area (Å²) in [6, 6.07) is 7.48. The molecule has 0 spiro atoms. The lowest BCUT2D eigenvalue weighted by molar-refractivity contribution is 0.101. The van der Waals surface area contributed by atoms with E-state index in [1.807, 2.05) is 6.92 Å². The maximum Gasteiger partial charge on any atom is 0.273 e. The summed E-state index contributed by atoms with van der Waals surface area (Å²) < 4.78 is 15.0. The molecule has 1 amide bonds. The van der Waals surface area contributed by atoms with E-state index in [0.29, 0.717) is 12.2 Å². The zero-order chi connectivity index (χ0) is 14.7. The van der Waals surface area contributed by atoms with Crippen LogP contribution in [-0.2, 0) is 6.54 Å². The van der Waals surface area contributed by atoms with Gasteiger partial charge in [0, 0.05) is 6.54 Å². The molecular weight excluding hydrogens is 259 g/mol. The number of carbonyl (C=O) groups is 1. The number of hydrogen-bond acceptors (Lipinski definition) is 3. The Morgan fingerprint density at radius 2 is 2.30 bits per heavy atom. The molecule has 0 unspecified atom stereocenters. The highest BCUT2D eigenvalue weighted by Gasteiger charge is 2.16. The molecular formula is C14H13FN4O. The van der Waals surface area contributed by atoms with E-state index in [0.717, 1.165) is 5.69 Å². The van der Waals surface area contributed by atoms with Crippen LogP contribution in [0.2, 0.25) is 0 Å². The van der Waals surface area contributed by atoms with Crippen molar-refractivity contribution < 1.29 is 9.18 Å². The standard InChI is InChI=1S/C14H13FN4O/c1-3-19-13(7-9(2)18-19)14(20)17-12-6-4-5-11(15)10(12)8-16/h4-7H,3H2,1-2H3,(H,17,20). The van der Waals surface area contributed by atoms with Crippen LogP contribution in [0.1, 0.15) is 28.7 Å². The Balaban J connectivity index is 2.33. The first-order valence-electron chi connectivity index (χ1n) is 6.11. The maximum absolute atomic E-state index is 13.5. The predicted octanol–water partition coefficient (Wildman–Crippen LogP) is 2.47. The highest BCUT2D eigenvalue weighted by Crippen LogP contribution is 2.18. The van der Waals surface area contributed by atoms with Gasteiger partial charge in [0.2, 0.25) is 0 Å². The van der Waals surface area contributed by atoms with Gasteiger partial charge in [0.15, 0.2) is 0 Å². The third-order valence-electron chi connectivity index (χ3n) is 2.81. The number of benzene rings is 1. The number of halogens is 1. The summed E-state index contributed by atoms with van der Waals surface area (Å²) in [4.78, 5) is 12.2. The van der Waals surface area contributed by atoms with E-state index >= 15 is 0 Å². The second-order valence-electron chi connectivity index (χ2n) is 4.22. The van der Waals surface area contributed by atoms with Gasteiger partial charge < -0.3 is 5.32 Å². The molecule has 0 fully saturated rings. The van der Waals surface area contributed by atoms with Gasteiger partial charge in [0.25, 0.3) is 5.91 Å². The Bertz CT molecular complexity index is 700. The largest absolute Gasteiger partial charge is 0.319 e. The number of amides is 1. The van der Waals surface area contributed by atoms with Crippen LogP contribution in [0.3, 0.4) is 0 Å². The molecule has 1 heterocycles. The van der Waals surface area contributed by atoms with Gasteiger partial charge >= 0.3 is 0 Å². The molecule has 102 valence electrons. The normalized spacial score (nSPS) is 10.1. The lowest BCUT2D eigenvalue weighted by Gasteiger charge is -2.08. The Kier molecular flexibility index (Phi) is 3.80. The molecule has 1 aromatic carbocycles. The Morgan fingerprint density at radius 1 is 1.55 bits per heavy atom. The minimum atomic E-state index is -0.662. The molecule has 0 atom stereocenters. The van der Waals surface area contributed by atoms with Gasteiger partial charge in [-0.15, -0.1) is 0 Å². The average molecular weight is 272 g/mol. The van der Waals surface area contributed by atoms with Crippen molar-refractivity contribution in [3.8, 4) is 6.07 Å². The first-order chi connectivity index (χ1) is 9.56. The Hall–Kier alpha value is -2.68. The number of carbonyl (C=O) groups excluding carboxylic acids is 1. The molecule has 0 aliphatic rings. The van der Waals surface area contributed by atoms with Crippen molar-refractivity contribution in [2.24, 2.45) is 0 Å². The maximum atomic E-state index is 13.5. The van der Waals surface area contributed by atoms with Crippen molar-refractivity contribution in [1.29, 1.82) is 5.26 Å². The van der Waals surface area contributed by atoms with Gasteiger partial charge in [0.05, 0.1) is 11.4 Å². The van der Waals surface area contributed by atoms with E-state index in [1.165, 1.54) is 18.2 Å². The molecule has 0 radical (unpaired) electrons. The molecule has 20 heavy (non-hydrogen) atoms. The van der Waals surface area contributed by atoms with E-state index in [-0.39, 0.29) is 11.3 Å². The van der Waals surface area contributed by atoms with Gasteiger partial charge in [-0.1, -0.05) is 6.07 Å². The fourth-order valence-electron chi connectivity index (χ4n) is 1.90. The van der Waals surface area contributed by atoms with E-state index in [9.17, 15) is 9.18 Å². The van der Waals surface area contributed by atoms with Crippen molar-refractivity contribution in [2.75, 3.05) is 5.32 Å². The molecule has 5 nitrogen and oxygen atoms in total. The zero-order valence-corrected chi connectivity index (χ0v) is 11.1. The SMILES string of the molecule is CCn1nc(C)cc1C(=O)Nc1cccc(F)c1C#N. The van der Waals surface area contributed by atoms with Gasteiger partial charge in [-0.2, -0.15) is 10.4 Å². The summed E-state index contributed by atoms with van der Waals surface area (Å²) in [5, 5.41) is 15.6.